The van der Waals surface area contributed by atoms with Gasteiger partial charge < -0.3 is 4.42 Å². The minimum Gasteiger partial charge on any atom is -0.457 e. The van der Waals surface area contributed by atoms with E-state index >= 15 is 0 Å². The zero-order valence-electron chi connectivity index (χ0n) is 11.2. The van der Waals surface area contributed by atoms with Crippen LogP contribution in [0.5, 0.6) is 0 Å². The molecular formula is C15H7F6NO. The van der Waals surface area contributed by atoms with Gasteiger partial charge in [-0.3, -0.25) is 0 Å². The third-order valence-corrected chi connectivity index (χ3v) is 2.82. The van der Waals surface area contributed by atoms with E-state index in [0.717, 1.165) is 6.08 Å². The third kappa shape index (κ3) is 3.94. The first kappa shape index (κ1) is 16.7. The van der Waals surface area contributed by atoms with E-state index in [2.05, 4.69) is 0 Å². The van der Waals surface area contributed by atoms with Crippen molar-refractivity contribution >= 4 is 6.08 Å². The lowest BCUT2D eigenvalue weighted by molar-refractivity contribution is -0.143. The molecule has 1 heterocycles. The Morgan fingerprint density at radius 2 is 1.48 bits per heavy atom. The highest BCUT2D eigenvalue weighted by Gasteiger charge is 2.37. The number of nitriles is 1. The molecule has 0 bridgehead atoms. The quantitative estimate of drug-likeness (QED) is 0.536. The Hall–Kier alpha value is -2.69. The van der Waals surface area contributed by atoms with E-state index in [0.29, 0.717) is 12.1 Å². The van der Waals surface area contributed by atoms with Crippen molar-refractivity contribution < 1.29 is 30.8 Å². The van der Waals surface area contributed by atoms with Crippen molar-refractivity contribution in [2.24, 2.45) is 0 Å². The first-order chi connectivity index (χ1) is 10.6. The van der Waals surface area contributed by atoms with E-state index in [1.54, 1.807) is 6.07 Å². The van der Waals surface area contributed by atoms with Crippen LogP contribution in [0.15, 0.2) is 40.8 Å². The zero-order chi connectivity index (χ0) is 17.3. The molecule has 0 amide bonds. The molecule has 0 aliphatic heterocycles. The minimum absolute atomic E-state index is 0.0446. The van der Waals surface area contributed by atoms with Gasteiger partial charge in [0.05, 0.1) is 17.2 Å². The molecule has 0 N–H and O–H groups in total. The molecule has 1 aromatic heterocycles. The fourth-order valence-corrected chi connectivity index (χ4v) is 1.81. The maximum atomic E-state index is 12.8. The molecule has 0 atom stereocenters. The van der Waals surface area contributed by atoms with Gasteiger partial charge in [-0.15, -0.1) is 0 Å². The van der Waals surface area contributed by atoms with E-state index in [1.165, 1.54) is 18.2 Å². The van der Waals surface area contributed by atoms with Crippen LogP contribution in [0.25, 0.3) is 17.4 Å². The Kier molecular flexibility index (Phi) is 4.23. The molecule has 120 valence electrons. The molecule has 1 aromatic carbocycles. The third-order valence-electron chi connectivity index (χ3n) is 2.82. The number of halogens is 6. The van der Waals surface area contributed by atoms with Crippen LogP contribution in [0, 0.1) is 11.3 Å². The second kappa shape index (κ2) is 5.83. The molecule has 0 spiro atoms. The summed E-state index contributed by atoms with van der Waals surface area (Å²) in [5, 5.41) is 8.37. The van der Waals surface area contributed by atoms with Crippen LogP contribution >= 0.6 is 0 Å². The Balaban J connectivity index is 2.56. The summed E-state index contributed by atoms with van der Waals surface area (Å²) in [6.45, 7) is 0. The SMILES string of the molecule is N#C/C=C/c1ccc(-c2cc(C(F)(F)F)cc(C(F)(F)F)c2)o1. The van der Waals surface area contributed by atoms with Crippen LogP contribution in [0.3, 0.4) is 0 Å². The van der Waals surface area contributed by atoms with Crippen LogP contribution in [-0.4, -0.2) is 0 Å². The molecule has 0 aliphatic carbocycles. The second-order valence-corrected chi connectivity index (χ2v) is 4.46. The van der Waals surface area contributed by atoms with Gasteiger partial charge in [-0.2, -0.15) is 31.6 Å². The Labute approximate surface area is 126 Å². The van der Waals surface area contributed by atoms with Gasteiger partial charge in [-0.25, -0.2) is 0 Å². The Morgan fingerprint density at radius 1 is 0.913 bits per heavy atom. The minimum atomic E-state index is -4.92. The average molecular weight is 331 g/mol. The maximum absolute atomic E-state index is 12.8. The molecule has 0 fully saturated rings. The second-order valence-electron chi connectivity index (χ2n) is 4.46. The summed E-state index contributed by atoms with van der Waals surface area (Å²) in [4.78, 5) is 0. The van der Waals surface area contributed by atoms with Crippen LogP contribution in [0.4, 0.5) is 26.3 Å². The van der Waals surface area contributed by atoms with E-state index in [-0.39, 0.29) is 23.2 Å². The van der Waals surface area contributed by atoms with Crippen LogP contribution in [0.1, 0.15) is 16.9 Å². The van der Waals surface area contributed by atoms with Crippen molar-refractivity contribution in [1.82, 2.24) is 0 Å². The van der Waals surface area contributed by atoms with Gasteiger partial charge in [0.2, 0.25) is 0 Å². The molecule has 0 saturated carbocycles. The maximum Gasteiger partial charge on any atom is 0.416 e. The topological polar surface area (TPSA) is 36.9 Å². The standard InChI is InChI=1S/C15H7F6NO/c16-14(17,18)10-6-9(7-11(8-10)15(19,20)21)13-4-3-12(23-13)2-1-5-22/h1-4,6-8H/b2-1+. The predicted molar refractivity (Wildman–Crippen MR) is 68.8 cm³/mol. The van der Waals surface area contributed by atoms with Gasteiger partial charge >= 0.3 is 12.4 Å². The number of allylic oxidation sites excluding steroid dienone is 1. The summed E-state index contributed by atoms with van der Waals surface area (Å²) < 4.78 is 81.8. The fraction of sp³-hybridized carbons (Fsp3) is 0.133. The first-order valence-corrected chi connectivity index (χ1v) is 6.07. The van der Waals surface area contributed by atoms with Gasteiger partial charge in [-0.1, -0.05) is 0 Å². The van der Waals surface area contributed by atoms with E-state index in [4.69, 9.17) is 9.68 Å². The fourth-order valence-electron chi connectivity index (χ4n) is 1.81. The molecule has 2 rings (SSSR count). The number of benzene rings is 1. The Morgan fingerprint density at radius 3 is 1.96 bits per heavy atom. The summed E-state index contributed by atoms with van der Waals surface area (Å²) in [5.41, 5.74) is -3.20. The largest absolute Gasteiger partial charge is 0.457 e. The average Bonchev–Trinajstić information content (AvgIpc) is 2.91. The smallest absolute Gasteiger partial charge is 0.416 e. The zero-order valence-corrected chi connectivity index (χ0v) is 11.2. The highest BCUT2D eigenvalue weighted by Crippen LogP contribution is 2.38. The van der Waals surface area contributed by atoms with Gasteiger partial charge in [0.25, 0.3) is 0 Å². The number of hydrogen-bond donors (Lipinski definition) is 0. The van der Waals surface area contributed by atoms with Crippen molar-refractivity contribution in [2.45, 2.75) is 12.4 Å². The molecule has 0 saturated heterocycles. The highest BCUT2D eigenvalue weighted by molar-refractivity contribution is 5.62. The summed E-state index contributed by atoms with van der Waals surface area (Å²) in [7, 11) is 0. The molecule has 23 heavy (non-hydrogen) atoms. The van der Waals surface area contributed by atoms with Crippen molar-refractivity contribution in [3.05, 3.63) is 53.3 Å². The van der Waals surface area contributed by atoms with Gasteiger partial charge in [0, 0.05) is 11.6 Å². The molecule has 0 unspecified atom stereocenters. The molecular weight excluding hydrogens is 324 g/mol. The van der Waals surface area contributed by atoms with Crippen LogP contribution < -0.4 is 0 Å². The molecule has 2 nitrogen and oxygen atoms in total. The summed E-state index contributed by atoms with van der Waals surface area (Å²) in [5.74, 6) is -0.0355. The number of nitrogens with zero attached hydrogens (tertiary/aromatic N) is 1. The molecule has 0 radical (unpaired) electrons. The summed E-state index contributed by atoms with van der Waals surface area (Å²) >= 11 is 0. The Bertz CT molecular complexity index is 744. The van der Waals surface area contributed by atoms with Crippen molar-refractivity contribution in [2.75, 3.05) is 0 Å². The van der Waals surface area contributed by atoms with Gasteiger partial charge in [-0.05, 0) is 36.4 Å². The lowest BCUT2D eigenvalue weighted by Crippen LogP contribution is -2.11. The van der Waals surface area contributed by atoms with Gasteiger partial charge in [0.1, 0.15) is 11.5 Å². The lowest BCUT2D eigenvalue weighted by Gasteiger charge is -2.13. The van der Waals surface area contributed by atoms with Gasteiger partial charge in [0.15, 0.2) is 0 Å². The normalized spacial score (nSPS) is 12.6. The van der Waals surface area contributed by atoms with E-state index in [9.17, 15) is 26.3 Å². The number of rotatable bonds is 2. The van der Waals surface area contributed by atoms with E-state index in [1.807, 2.05) is 0 Å². The van der Waals surface area contributed by atoms with Crippen molar-refractivity contribution in [3.63, 3.8) is 0 Å². The highest BCUT2D eigenvalue weighted by atomic mass is 19.4. The lowest BCUT2D eigenvalue weighted by atomic mass is 10.0. The molecule has 8 heteroatoms. The summed E-state index contributed by atoms with van der Waals surface area (Å²) in [6.07, 6.45) is -7.55. The summed E-state index contributed by atoms with van der Waals surface area (Å²) in [6, 6.07) is 5.44. The number of hydrogen-bond acceptors (Lipinski definition) is 2. The molecule has 0 aliphatic rings. The predicted octanol–water partition coefficient (Wildman–Crippen LogP) is 5.52. The van der Waals surface area contributed by atoms with E-state index < -0.39 is 23.5 Å². The number of furan rings is 1. The number of alkyl halides is 6. The van der Waals surface area contributed by atoms with Crippen molar-refractivity contribution in [3.8, 4) is 17.4 Å². The van der Waals surface area contributed by atoms with Crippen molar-refractivity contribution in [1.29, 1.82) is 5.26 Å². The molecule has 2 aromatic rings. The monoisotopic (exact) mass is 331 g/mol. The first-order valence-electron chi connectivity index (χ1n) is 6.07. The van der Waals surface area contributed by atoms with Crippen LogP contribution in [0.2, 0.25) is 0 Å². The van der Waals surface area contributed by atoms with Crippen LogP contribution in [-0.2, 0) is 12.4 Å².